The van der Waals surface area contributed by atoms with E-state index in [2.05, 4.69) is 83.7 Å². The number of aromatic nitrogens is 1. The van der Waals surface area contributed by atoms with Crippen molar-refractivity contribution in [3.8, 4) is 5.75 Å². The fourth-order valence-electron chi connectivity index (χ4n) is 4.49. The van der Waals surface area contributed by atoms with E-state index >= 15 is 0 Å². The van der Waals surface area contributed by atoms with Crippen LogP contribution in [0.3, 0.4) is 0 Å². The SMILES string of the molecule is CCOc1ccc([C@@H](CC(=O)NCCOC)c2cn(Cc3ccc(C)cc3)c3ccccc23)cc1. The first-order chi connectivity index (χ1) is 17.1. The van der Waals surface area contributed by atoms with Gasteiger partial charge in [-0.05, 0) is 48.7 Å². The standard InChI is InChI=1S/C30H34N2O3/c1-4-35-25-15-13-24(14-16-25)27(19-30(33)31-17-18-34-3)28-21-32(29-8-6-5-7-26(28)29)20-23-11-9-22(2)10-12-23/h5-16,21,27H,4,17-20H2,1-3H3,(H,31,33)/t27-/m1/s1. The molecule has 1 N–H and O–H groups in total. The van der Waals surface area contributed by atoms with Gasteiger partial charge in [0.1, 0.15) is 5.75 Å². The quantitative estimate of drug-likeness (QED) is 0.287. The van der Waals surface area contributed by atoms with Crippen LogP contribution in [0.4, 0.5) is 0 Å². The average molecular weight is 471 g/mol. The molecular formula is C30H34N2O3. The summed E-state index contributed by atoms with van der Waals surface area (Å²) in [5.41, 5.74) is 5.91. The second-order valence-electron chi connectivity index (χ2n) is 8.82. The van der Waals surface area contributed by atoms with Crippen LogP contribution in [0.15, 0.2) is 79.0 Å². The number of nitrogens with one attached hydrogen (secondary N) is 1. The maximum Gasteiger partial charge on any atom is 0.221 e. The predicted octanol–water partition coefficient (Wildman–Crippen LogP) is 5.68. The number of ether oxygens (including phenoxy) is 2. The zero-order valence-electron chi connectivity index (χ0n) is 20.8. The van der Waals surface area contributed by atoms with Gasteiger partial charge in [0.2, 0.25) is 5.91 Å². The molecule has 4 aromatic rings. The summed E-state index contributed by atoms with van der Waals surface area (Å²) < 4.78 is 13.0. The monoisotopic (exact) mass is 470 g/mol. The van der Waals surface area contributed by atoms with Crippen LogP contribution in [-0.2, 0) is 16.1 Å². The van der Waals surface area contributed by atoms with Gasteiger partial charge in [-0.1, -0.05) is 60.2 Å². The van der Waals surface area contributed by atoms with Crippen molar-refractivity contribution < 1.29 is 14.3 Å². The average Bonchev–Trinajstić information content (AvgIpc) is 3.23. The lowest BCUT2D eigenvalue weighted by molar-refractivity contribution is -0.121. The third-order valence-corrected chi connectivity index (χ3v) is 6.28. The molecule has 1 heterocycles. The Labute approximate surface area is 207 Å². The van der Waals surface area contributed by atoms with E-state index in [0.29, 0.717) is 26.2 Å². The van der Waals surface area contributed by atoms with Crippen molar-refractivity contribution in [3.05, 3.63) is 101 Å². The van der Waals surface area contributed by atoms with Crippen LogP contribution in [0.25, 0.3) is 10.9 Å². The highest BCUT2D eigenvalue weighted by Gasteiger charge is 2.23. The van der Waals surface area contributed by atoms with Crippen molar-refractivity contribution in [1.29, 1.82) is 0 Å². The van der Waals surface area contributed by atoms with Crippen LogP contribution >= 0.6 is 0 Å². The van der Waals surface area contributed by atoms with Gasteiger partial charge in [0.05, 0.1) is 13.2 Å². The number of aryl methyl sites for hydroxylation is 1. The molecule has 0 aliphatic carbocycles. The molecule has 3 aromatic carbocycles. The molecule has 4 rings (SSSR count). The van der Waals surface area contributed by atoms with Crippen LogP contribution in [0.1, 0.15) is 41.5 Å². The van der Waals surface area contributed by atoms with E-state index in [9.17, 15) is 4.79 Å². The molecule has 0 spiro atoms. The van der Waals surface area contributed by atoms with Crippen LogP contribution in [0.5, 0.6) is 5.75 Å². The number of hydrogen-bond donors (Lipinski definition) is 1. The number of methoxy groups -OCH3 is 1. The van der Waals surface area contributed by atoms with E-state index in [1.165, 1.54) is 22.0 Å². The Morgan fingerprint density at radius 2 is 1.74 bits per heavy atom. The van der Waals surface area contributed by atoms with Gasteiger partial charge in [-0.15, -0.1) is 0 Å². The maximum atomic E-state index is 12.9. The lowest BCUT2D eigenvalue weighted by Crippen LogP contribution is -2.28. The van der Waals surface area contributed by atoms with E-state index < -0.39 is 0 Å². The lowest BCUT2D eigenvalue weighted by Gasteiger charge is -2.18. The van der Waals surface area contributed by atoms with Crippen LogP contribution in [0, 0.1) is 6.92 Å². The highest BCUT2D eigenvalue weighted by atomic mass is 16.5. The molecule has 1 amide bonds. The highest BCUT2D eigenvalue weighted by Crippen LogP contribution is 2.35. The third-order valence-electron chi connectivity index (χ3n) is 6.28. The summed E-state index contributed by atoms with van der Waals surface area (Å²) in [4.78, 5) is 12.9. The normalized spacial score (nSPS) is 12.0. The van der Waals surface area contributed by atoms with Gasteiger partial charge in [-0.25, -0.2) is 0 Å². The Hall–Kier alpha value is -3.57. The topological polar surface area (TPSA) is 52.5 Å². The van der Waals surface area contributed by atoms with Gasteiger partial charge in [-0.3, -0.25) is 4.79 Å². The molecule has 1 atom stereocenters. The summed E-state index contributed by atoms with van der Waals surface area (Å²) in [7, 11) is 1.64. The Bertz CT molecular complexity index is 1240. The number of fused-ring (bicyclic) bond motifs is 1. The Morgan fingerprint density at radius 3 is 2.46 bits per heavy atom. The van der Waals surface area contributed by atoms with Crippen molar-refractivity contribution >= 4 is 16.8 Å². The first-order valence-corrected chi connectivity index (χ1v) is 12.2. The third kappa shape index (κ3) is 6.11. The second kappa shape index (κ2) is 11.7. The van der Waals surface area contributed by atoms with E-state index in [1.54, 1.807) is 7.11 Å². The van der Waals surface area contributed by atoms with E-state index in [0.717, 1.165) is 23.4 Å². The van der Waals surface area contributed by atoms with E-state index in [4.69, 9.17) is 9.47 Å². The minimum Gasteiger partial charge on any atom is -0.494 e. The molecule has 0 saturated carbocycles. The van der Waals surface area contributed by atoms with Crippen LogP contribution < -0.4 is 10.1 Å². The molecule has 0 aliphatic rings. The number of amides is 1. The zero-order chi connectivity index (χ0) is 24.6. The Kier molecular flexibility index (Phi) is 8.22. The number of benzene rings is 3. The molecule has 5 heteroatoms. The van der Waals surface area contributed by atoms with Crippen molar-refractivity contribution in [2.45, 2.75) is 32.7 Å². The van der Waals surface area contributed by atoms with E-state index in [1.807, 2.05) is 19.1 Å². The van der Waals surface area contributed by atoms with Gasteiger partial charge >= 0.3 is 0 Å². The molecule has 1 aromatic heterocycles. The molecule has 0 radical (unpaired) electrons. The molecule has 182 valence electrons. The van der Waals surface area contributed by atoms with Crippen molar-refractivity contribution in [2.24, 2.45) is 0 Å². The second-order valence-corrected chi connectivity index (χ2v) is 8.82. The molecule has 0 saturated heterocycles. The van der Waals surface area contributed by atoms with Gasteiger partial charge < -0.3 is 19.4 Å². The molecule has 5 nitrogen and oxygen atoms in total. The Morgan fingerprint density at radius 1 is 1.00 bits per heavy atom. The molecule has 35 heavy (non-hydrogen) atoms. The lowest BCUT2D eigenvalue weighted by atomic mass is 9.88. The molecule has 0 unspecified atom stereocenters. The molecular weight excluding hydrogens is 436 g/mol. The van der Waals surface area contributed by atoms with Crippen molar-refractivity contribution in [1.82, 2.24) is 9.88 Å². The fourth-order valence-corrected chi connectivity index (χ4v) is 4.49. The van der Waals surface area contributed by atoms with Crippen LogP contribution in [-0.4, -0.2) is 37.3 Å². The minimum absolute atomic E-state index is 0.0105. The maximum absolute atomic E-state index is 12.9. The number of carbonyl (C=O) groups is 1. The van der Waals surface area contributed by atoms with Crippen LogP contribution in [0.2, 0.25) is 0 Å². The van der Waals surface area contributed by atoms with Gasteiger partial charge in [0, 0.05) is 49.6 Å². The molecule has 0 bridgehead atoms. The summed E-state index contributed by atoms with van der Waals surface area (Å²) in [6.45, 7) is 6.47. The van der Waals surface area contributed by atoms with Gasteiger partial charge in [0.15, 0.2) is 0 Å². The summed E-state index contributed by atoms with van der Waals surface area (Å²) in [6.07, 6.45) is 2.57. The summed E-state index contributed by atoms with van der Waals surface area (Å²) in [6, 6.07) is 25.2. The number of nitrogens with zero attached hydrogens (tertiary/aromatic N) is 1. The number of rotatable bonds is 11. The molecule has 0 aliphatic heterocycles. The fraction of sp³-hybridized carbons (Fsp3) is 0.300. The smallest absolute Gasteiger partial charge is 0.221 e. The van der Waals surface area contributed by atoms with Crippen molar-refractivity contribution in [2.75, 3.05) is 26.9 Å². The number of hydrogen-bond acceptors (Lipinski definition) is 3. The molecule has 0 fully saturated rings. The minimum atomic E-state index is -0.0858. The Balaban J connectivity index is 1.72. The summed E-state index contributed by atoms with van der Waals surface area (Å²) in [5, 5.41) is 4.16. The largest absolute Gasteiger partial charge is 0.494 e. The number of para-hydroxylation sites is 1. The summed E-state index contributed by atoms with van der Waals surface area (Å²) in [5.74, 6) is 0.759. The van der Waals surface area contributed by atoms with Gasteiger partial charge in [-0.2, -0.15) is 0 Å². The zero-order valence-corrected chi connectivity index (χ0v) is 20.8. The number of carbonyl (C=O) groups excluding carboxylic acids is 1. The van der Waals surface area contributed by atoms with Crippen molar-refractivity contribution in [3.63, 3.8) is 0 Å². The van der Waals surface area contributed by atoms with Gasteiger partial charge in [0.25, 0.3) is 0 Å². The summed E-state index contributed by atoms with van der Waals surface area (Å²) >= 11 is 0. The first-order valence-electron chi connectivity index (χ1n) is 12.2. The first kappa shape index (κ1) is 24.6. The highest BCUT2D eigenvalue weighted by molar-refractivity contribution is 5.86. The predicted molar refractivity (Wildman–Crippen MR) is 141 cm³/mol. The van der Waals surface area contributed by atoms with E-state index in [-0.39, 0.29) is 11.8 Å².